The number of rotatable bonds is 60. The van der Waals surface area contributed by atoms with Crippen molar-refractivity contribution in [3.8, 4) is 0 Å². The van der Waals surface area contributed by atoms with Gasteiger partial charge in [-0.25, -0.2) is 9.36 Å². The van der Waals surface area contributed by atoms with Gasteiger partial charge in [-0.1, -0.05) is 257 Å². The first-order valence-electron chi connectivity index (χ1n) is 38.8. The zero-order valence-electron chi connectivity index (χ0n) is 61.0. The van der Waals surface area contributed by atoms with Gasteiger partial charge < -0.3 is 89.1 Å². The summed E-state index contributed by atoms with van der Waals surface area (Å²) < 4.78 is 64.9. The fraction of sp³-hybridized carbons (Fsp3) is 0.880. The van der Waals surface area contributed by atoms with E-state index in [4.69, 9.17) is 42.2 Å². The molecule has 0 spiro atoms. The highest BCUT2D eigenvalue weighted by molar-refractivity contribution is 7.47. The number of hydrogen-bond donors (Lipinski definition) is 11. The minimum atomic E-state index is -5.71. The molecular weight excluding hydrogens is 1320 g/mol. The van der Waals surface area contributed by atoms with Gasteiger partial charge in [0.25, 0.3) is 0 Å². The van der Waals surface area contributed by atoms with Crippen LogP contribution in [0.15, 0.2) is 36.5 Å². The Morgan fingerprint density at radius 1 is 0.410 bits per heavy atom. The van der Waals surface area contributed by atoms with E-state index in [1.807, 2.05) is 6.08 Å². The number of aliphatic hydroxyl groups excluding tert-OH is 10. The number of allylic oxidation sites excluding steroid dienone is 5. The van der Waals surface area contributed by atoms with Crippen molar-refractivity contribution in [3.05, 3.63) is 36.5 Å². The Balaban J connectivity index is 1.74. The maximum atomic E-state index is 14.3. The van der Waals surface area contributed by atoms with Crippen LogP contribution in [-0.4, -0.2) is 204 Å². The van der Waals surface area contributed by atoms with Crippen LogP contribution in [-0.2, 0) is 61.2 Å². The lowest BCUT2D eigenvalue weighted by atomic mass is 9.84. The number of phosphoric ester groups is 1. The van der Waals surface area contributed by atoms with Gasteiger partial charge in [0.05, 0.1) is 13.2 Å². The Morgan fingerprint density at radius 2 is 0.780 bits per heavy atom. The molecule has 25 heteroatoms. The topological polar surface area (TPSA) is 374 Å². The number of esters is 3. The maximum Gasteiger partial charge on any atom is 0.472 e. The molecule has 0 aromatic heterocycles. The van der Waals surface area contributed by atoms with Gasteiger partial charge in [-0.3, -0.25) is 18.6 Å². The fourth-order valence-electron chi connectivity index (χ4n) is 12.7. The fourth-order valence-corrected chi connectivity index (χ4v) is 13.6. The highest BCUT2D eigenvalue weighted by Gasteiger charge is 2.58. The molecule has 584 valence electrons. The predicted octanol–water partition coefficient (Wildman–Crippen LogP) is 11.1. The normalized spacial score (nSPS) is 27.5. The van der Waals surface area contributed by atoms with E-state index in [-0.39, 0.29) is 12.8 Å². The Morgan fingerprint density at radius 3 is 1.22 bits per heavy atom. The second kappa shape index (κ2) is 56.5. The van der Waals surface area contributed by atoms with Crippen LogP contribution >= 0.6 is 7.82 Å². The molecule has 11 N–H and O–H groups in total. The molecule has 24 nitrogen and oxygen atoms in total. The third-order valence-corrected chi connectivity index (χ3v) is 20.0. The van der Waals surface area contributed by atoms with E-state index < -0.39 is 156 Å². The summed E-state index contributed by atoms with van der Waals surface area (Å²) in [6.45, 7) is 3.36. The third-order valence-electron chi connectivity index (χ3n) is 19.0. The summed E-state index contributed by atoms with van der Waals surface area (Å²) in [6, 6.07) is 0. The van der Waals surface area contributed by atoms with Crippen molar-refractivity contribution in [1.29, 1.82) is 0 Å². The summed E-state index contributed by atoms with van der Waals surface area (Å²) in [7, 11) is -5.71. The summed E-state index contributed by atoms with van der Waals surface area (Å²) in [4.78, 5) is 50.9. The number of aliphatic hydroxyl groups is 10. The number of ether oxygens (including phenoxy) is 7. The molecule has 1 saturated carbocycles. The van der Waals surface area contributed by atoms with Crippen LogP contribution < -0.4 is 0 Å². The second-order valence-electron chi connectivity index (χ2n) is 27.8. The standard InChI is InChI=1S/C75H135O24P/c1-4-7-10-13-16-19-22-25-28-30-33-34-37-40-43-46-49-59(77)91-53-56(94-61(79)51-48-45-42-39-36-31-27-24-21-18-15-12-9-6-3)54-93-100(89,90)99-73-71(97-74-69(87)64(82)62(80)57(52-76)95-74)67(85)66(84)68(86)72(73)98-75-70(88)65(83)63(81)58(96-75)55-92-60(78)50-47-44-41-38-35-32-29-26-23-20-17-14-11-8-5-2/h31,36,41,44,47,50,56-58,62-76,80-88H,4-30,32-35,37-40,42-43,45-46,48-49,51-55H2,1-3H3,(H,89,90)/b36-31-,44-41+,50-47+. The Hall–Kier alpha value is -2.82. The van der Waals surface area contributed by atoms with Gasteiger partial charge >= 0.3 is 25.7 Å². The molecule has 0 bridgehead atoms. The molecule has 0 aromatic carbocycles. The van der Waals surface area contributed by atoms with E-state index in [0.717, 1.165) is 89.5 Å². The molecule has 18 unspecified atom stereocenters. The Bertz CT molecular complexity index is 2210. The number of carbonyl (C=O) groups excluding carboxylic acids is 3. The highest BCUT2D eigenvalue weighted by Crippen LogP contribution is 2.49. The van der Waals surface area contributed by atoms with Crippen molar-refractivity contribution in [3.63, 3.8) is 0 Å². The molecule has 3 fully saturated rings. The molecule has 0 radical (unpaired) electrons. The molecule has 2 heterocycles. The van der Waals surface area contributed by atoms with E-state index in [2.05, 4.69) is 32.9 Å². The van der Waals surface area contributed by atoms with E-state index in [1.54, 1.807) is 6.08 Å². The molecule has 0 aromatic rings. The van der Waals surface area contributed by atoms with Crippen LogP contribution in [0.25, 0.3) is 0 Å². The first kappa shape index (κ1) is 91.4. The van der Waals surface area contributed by atoms with Crippen molar-refractivity contribution >= 4 is 25.7 Å². The quantitative estimate of drug-likeness (QED) is 0.00512. The summed E-state index contributed by atoms with van der Waals surface area (Å²) >= 11 is 0. The third kappa shape index (κ3) is 39.0. The molecule has 2 saturated heterocycles. The summed E-state index contributed by atoms with van der Waals surface area (Å²) in [5.74, 6) is -2.24. The number of hydrogen-bond acceptors (Lipinski definition) is 23. The number of carbonyl (C=O) groups is 3. The van der Waals surface area contributed by atoms with Gasteiger partial charge in [0.1, 0.15) is 98.7 Å². The van der Waals surface area contributed by atoms with Gasteiger partial charge in [-0.05, 0) is 51.4 Å². The predicted molar refractivity (Wildman–Crippen MR) is 379 cm³/mol. The number of unbranched alkanes of at least 4 members (excludes halogenated alkanes) is 36. The van der Waals surface area contributed by atoms with Gasteiger partial charge in [-0.2, -0.15) is 0 Å². The minimum absolute atomic E-state index is 0.0422. The SMILES string of the molecule is CCCCCCCCC/C=C\CCCCCC(=O)OC(COC(=O)CCCCCCCCCCCCCCCCCC)COP(=O)(O)OC1C(OC2OC(CO)C(O)C(O)C2O)C(O)C(O)C(O)C1OC1OC(COC(=O)/C=C/C=C/CCCCCCCCCCCCC)C(O)C(O)C1O. The van der Waals surface area contributed by atoms with Crippen LogP contribution in [0.1, 0.15) is 290 Å². The van der Waals surface area contributed by atoms with Crippen LogP contribution in [0.4, 0.5) is 0 Å². The number of phosphoric acid groups is 1. The largest absolute Gasteiger partial charge is 0.472 e. The van der Waals surface area contributed by atoms with Crippen molar-refractivity contribution in [2.45, 2.75) is 395 Å². The van der Waals surface area contributed by atoms with E-state index in [9.17, 15) is 74.9 Å². The highest BCUT2D eigenvalue weighted by atomic mass is 31.2. The second-order valence-corrected chi connectivity index (χ2v) is 29.2. The average Bonchev–Trinajstić information content (AvgIpc) is 0.762. The molecule has 0 amide bonds. The first-order chi connectivity index (χ1) is 48.3. The lowest BCUT2D eigenvalue weighted by Gasteiger charge is -2.49. The van der Waals surface area contributed by atoms with Gasteiger partial charge in [-0.15, -0.1) is 0 Å². The van der Waals surface area contributed by atoms with E-state index >= 15 is 0 Å². The molecule has 18 atom stereocenters. The molecule has 3 rings (SSSR count). The summed E-state index contributed by atoms with van der Waals surface area (Å²) in [5, 5.41) is 110. The maximum absolute atomic E-state index is 14.3. The van der Waals surface area contributed by atoms with Crippen molar-refractivity contribution in [2.75, 3.05) is 26.4 Å². The Kier molecular flexibility index (Phi) is 51.6. The average molecular weight is 1450 g/mol. The van der Waals surface area contributed by atoms with E-state index in [1.165, 1.54) is 160 Å². The molecular formula is C75H135O24P. The van der Waals surface area contributed by atoms with Crippen LogP contribution in [0, 0.1) is 0 Å². The smallest absolute Gasteiger partial charge is 0.462 e. The van der Waals surface area contributed by atoms with Gasteiger partial charge in [0.2, 0.25) is 0 Å². The zero-order chi connectivity index (χ0) is 73.2. The van der Waals surface area contributed by atoms with Crippen molar-refractivity contribution in [2.24, 2.45) is 0 Å². The van der Waals surface area contributed by atoms with Gasteiger partial charge in [0, 0.05) is 18.9 Å². The molecule has 3 aliphatic rings. The summed E-state index contributed by atoms with van der Waals surface area (Å²) in [6.07, 6.45) is 19.8. The van der Waals surface area contributed by atoms with Crippen molar-refractivity contribution in [1.82, 2.24) is 0 Å². The van der Waals surface area contributed by atoms with Crippen LogP contribution in [0.5, 0.6) is 0 Å². The minimum Gasteiger partial charge on any atom is -0.462 e. The Labute approximate surface area is 597 Å². The van der Waals surface area contributed by atoms with E-state index in [0.29, 0.717) is 19.3 Å². The monoisotopic (exact) mass is 1450 g/mol. The van der Waals surface area contributed by atoms with Crippen LogP contribution in [0.2, 0.25) is 0 Å². The zero-order valence-corrected chi connectivity index (χ0v) is 61.9. The molecule has 100 heavy (non-hydrogen) atoms. The lowest BCUT2D eigenvalue weighted by Crippen LogP contribution is -2.69. The molecule has 1 aliphatic carbocycles. The van der Waals surface area contributed by atoms with Crippen molar-refractivity contribution < 1.29 is 117 Å². The molecule has 2 aliphatic heterocycles. The van der Waals surface area contributed by atoms with Crippen LogP contribution in [0.3, 0.4) is 0 Å². The van der Waals surface area contributed by atoms with Gasteiger partial charge in [0.15, 0.2) is 18.7 Å². The lowest BCUT2D eigenvalue weighted by molar-refractivity contribution is -0.360. The summed E-state index contributed by atoms with van der Waals surface area (Å²) in [5.41, 5.74) is 0. The first-order valence-corrected chi connectivity index (χ1v) is 40.3.